The van der Waals surface area contributed by atoms with Crippen LogP contribution in [-0.2, 0) is 25.5 Å². The Morgan fingerprint density at radius 1 is 1.21 bits per heavy atom. The zero-order valence-electron chi connectivity index (χ0n) is 15.3. The Morgan fingerprint density at radius 3 is 2.64 bits per heavy atom. The van der Waals surface area contributed by atoms with E-state index in [1.807, 2.05) is 5.38 Å². The first-order valence-electron chi connectivity index (χ1n) is 8.97. The van der Waals surface area contributed by atoms with Crippen molar-refractivity contribution >= 4 is 34.2 Å². The van der Waals surface area contributed by atoms with Gasteiger partial charge in [-0.2, -0.15) is 0 Å². The number of carbonyl (C=O) groups is 3. The minimum atomic E-state index is -0.712. The third-order valence-corrected chi connectivity index (χ3v) is 5.14. The average molecular weight is 405 g/mol. The van der Waals surface area contributed by atoms with Crippen LogP contribution in [0.25, 0.3) is 0 Å². The van der Waals surface area contributed by atoms with Gasteiger partial charge in [0.05, 0.1) is 18.6 Å². The summed E-state index contributed by atoms with van der Waals surface area (Å²) in [6.07, 6.45) is 1.74. The van der Waals surface area contributed by atoms with E-state index in [1.165, 1.54) is 29.5 Å². The van der Waals surface area contributed by atoms with Gasteiger partial charge < -0.3 is 14.8 Å². The second-order valence-corrected chi connectivity index (χ2v) is 7.25. The molecule has 1 aromatic carbocycles. The maximum atomic E-state index is 13.6. The molecule has 2 aromatic rings. The number of carbonyl (C=O) groups excluding carboxylic acids is 3. The number of rotatable bonds is 8. The van der Waals surface area contributed by atoms with Crippen molar-refractivity contribution < 1.29 is 28.2 Å². The lowest BCUT2D eigenvalue weighted by molar-refractivity contribution is -0.146. The van der Waals surface area contributed by atoms with Crippen LogP contribution in [0.4, 0.5) is 9.39 Å². The summed E-state index contributed by atoms with van der Waals surface area (Å²) in [7, 11) is 0. The van der Waals surface area contributed by atoms with Crippen LogP contribution in [-0.4, -0.2) is 31.1 Å². The van der Waals surface area contributed by atoms with Crippen molar-refractivity contribution in [3.8, 4) is 0 Å². The Morgan fingerprint density at radius 2 is 1.96 bits per heavy atom. The number of anilines is 1. The van der Waals surface area contributed by atoms with Crippen molar-refractivity contribution in [2.45, 2.75) is 32.1 Å². The van der Waals surface area contributed by atoms with E-state index in [4.69, 9.17) is 9.47 Å². The molecule has 3 rings (SSSR count). The van der Waals surface area contributed by atoms with E-state index in [0.717, 1.165) is 18.4 Å². The smallest absolute Gasteiger partial charge is 0.341 e. The molecule has 1 heterocycles. The highest BCUT2D eigenvalue weighted by molar-refractivity contribution is 7.15. The Balaban J connectivity index is 1.58. The molecule has 8 heteroatoms. The number of nitrogens with one attached hydrogen (secondary N) is 1. The van der Waals surface area contributed by atoms with E-state index in [1.54, 1.807) is 13.0 Å². The van der Waals surface area contributed by atoms with Gasteiger partial charge in [0.25, 0.3) is 5.91 Å². The molecule has 1 N–H and O–H groups in total. The second-order valence-electron chi connectivity index (χ2n) is 6.37. The molecule has 1 fully saturated rings. The quantitative estimate of drug-likeness (QED) is 0.678. The van der Waals surface area contributed by atoms with Gasteiger partial charge in [-0.3, -0.25) is 9.59 Å². The SMILES string of the molecule is CCOC(=O)c1c(C2CC2)csc1NC(=O)COC(=O)Cc1ccccc1F. The molecule has 1 aromatic heterocycles. The Kier molecular flexibility index (Phi) is 6.41. The predicted molar refractivity (Wildman–Crippen MR) is 102 cm³/mol. The number of amides is 1. The molecule has 0 unspecified atom stereocenters. The fourth-order valence-electron chi connectivity index (χ4n) is 2.73. The molecule has 1 amide bonds. The molecule has 0 spiro atoms. The number of ether oxygens (including phenoxy) is 2. The minimum Gasteiger partial charge on any atom is -0.462 e. The zero-order chi connectivity index (χ0) is 20.1. The Labute approximate surface area is 165 Å². The van der Waals surface area contributed by atoms with Crippen LogP contribution < -0.4 is 5.32 Å². The van der Waals surface area contributed by atoms with Crippen molar-refractivity contribution in [3.05, 3.63) is 52.2 Å². The largest absolute Gasteiger partial charge is 0.462 e. The van der Waals surface area contributed by atoms with Gasteiger partial charge >= 0.3 is 11.9 Å². The standard InChI is InChI=1S/C20H20FNO5S/c1-2-26-20(25)18-14(12-7-8-12)11-28-19(18)22-16(23)10-27-17(24)9-13-5-3-4-6-15(13)21/h3-6,11-12H,2,7-10H2,1H3,(H,22,23). The summed E-state index contributed by atoms with van der Waals surface area (Å²) in [6, 6.07) is 5.87. The van der Waals surface area contributed by atoms with Gasteiger partial charge in [0, 0.05) is 0 Å². The number of esters is 2. The summed E-state index contributed by atoms with van der Waals surface area (Å²) >= 11 is 1.24. The first-order valence-corrected chi connectivity index (χ1v) is 9.85. The van der Waals surface area contributed by atoms with Crippen molar-refractivity contribution in [2.75, 3.05) is 18.5 Å². The molecular weight excluding hydrogens is 385 g/mol. The van der Waals surface area contributed by atoms with Gasteiger partial charge in [-0.15, -0.1) is 11.3 Å². The fourth-order valence-corrected chi connectivity index (χ4v) is 3.78. The van der Waals surface area contributed by atoms with E-state index in [0.29, 0.717) is 16.5 Å². The maximum absolute atomic E-state index is 13.6. The number of hydrogen-bond donors (Lipinski definition) is 1. The third kappa shape index (κ3) is 4.95. The van der Waals surface area contributed by atoms with Crippen LogP contribution in [0.1, 0.15) is 47.2 Å². The summed E-state index contributed by atoms with van der Waals surface area (Å²) in [4.78, 5) is 36.3. The lowest BCUT2D eigenvalue weighted by Crippen LogP contribution is -2.22. The van der Waals surface area contributed by atoms with E-state index >= 15 is 0 Å². The molecule has 0 radical (unpaired) electrons. The summed E-state index contributed by atoms with van der Waals surface area (Å²) in [5.41, 5.74) is 1.46. The molecule has 1 saturated carbocycles. The maximum Gasteiger partial charge on any atom is 0.341 e. The second kappa shape index (κ2) is 8.97. The predicted octanol–water partition coefficient (Wildman–Crippen LogP) is 3.67. The van der Waals surface area contributed by atoms with Crippen LogP contribution in [0.15, 0.2) is 29.6 Å². The summed E-state index contributed by atoms with van der Waals surface area (Å²) in [5.74, 6) is -1.95. The molecule has 0 bridgehead atoms. The van der Waals surface area contributed by atoms with E-state index in [-0.39, 0.29) is 18.6 Å². The minimum absolute atomic E-state index is 0.199. The van der Waals surface area contributed by atoms with Crippen molar-refractivity contribution in [1.82, 2.24) is 0 Å². The molecule has 148 valence electrons. The van der Waals surface area contributed by atoms with Gasteiger partial charge in [0.2, 0.25) is 0 Å². The Bertz CT molecular complexity index is 890. The van der Waals surface area contributed by atoms with Crippen LogP contribution in [0, 0.1) is 5.82 Å². The lowest BCUT2D eigenvalue weighted by atomic mass is 10.1. The topological polar surface area (TPSA) is 81.7 Å². The molecular formula is C20H20FNO5S. The van der Waals surface area contributed by atoms with Crippen LogP contribution in [0.3, 0.4) is 0 Å². The molecule has 28 heavy (non-hydrogen) atoms. The van der Waals surface area contributed by atoms with E-state index < -0.39 is 30.3 Å². The highest BCUT2D eigenvalue weighted by Gasteiger charge is 2.32. The number of benzene rings is 1. The van der Waals surface area contributed by atoms with Gasteiger partial charge in [-0.25, -0.2) is 9.18 Å². The monoisotopic (exact) mass is 405 g/mol. The van der Waals surface area contributed by atoms with Gasteiger partial charge in [0.1, 0.15) is 10.8 Å². The number of hydrogen-bond acceptors (Lipinski definition) is 6. The van der Waals surface area contributed by atoms with Crippen molar-refractivity contribution in [1.29, 1.82) is 0 Å². The highest BCUT2D eigenvalue weighted by atomic mass is 32.1. The number of halogens is 1. The van der Waals surface area contributed by atoms with Gasteiger partial charge in [-0.1, -0.05) is 18.2 Å². The Hall–Kier alpha value is -2.74. The zero-order valence-corrected chi connectivity index (χ0v) is 16.1. The summed E-state index contributed by atoms with van der Waals surface area (Å²) in [5, 5.41) is 4.85. The van der Waals surface area contributed by atoms with Crippen LogP contribution in [0.5, 0.6) is 0 Å². The summed E-state index contributed by atoms with van der Waals surface area (Å²) in [6.45, 7) is 1.43. The molecule has 1 aliphatic rings. The molecule has 1 aliphatic carbocycles. The van der Waals surface area contributed by atoms with Crippen molar-refractivity contribution in [3.63, 3.8) is 0 Å². The molecule has 0 atom stereocenters. The van der Waals surface area contributed by atoms with E-state index in [9.17, 15) is 18.8 Å². The third-order valence-electron chi connectivity index (χ3n) is 4.23. The molecule has 6 nitrogen and oxygen atoms in total. The van der Waals surface area contributed by atoms with E-state index in [2.05, 4.69) is 5.32 Å². The number of thiophene rings is 1. The molecule has 0 saturated heterocycles. The fraction of sp³-hybridized carbons (Fsp3) is 0.350. The average Bonchev–Trinajstić information content (AvgIpc) is 3.43. The van der Waals surface area contributed by atoms with Crippen molar-refractivity contribution in [2.24, 2.45) is 0 Å². The first-order chi connectivity index (χ1) is 13.5. The van der Waals surface area contributed by atoms with Gasteiger partial charge in [-0.05, 0) is 48.3 Å². The first kappa shape index (κ1) is 20.0. The lowest BCUT2D eigenvalue weighted by Gasteiger charge is -2.09. The normalized spacial score (nSPS) is 13.1. The van der Waals surface area contributed by atoms with Crippen LogP contribution >= 0.6 is 11.3 Å². The summed E-state index contributed by atoms with van der Waals surface area (Å²) < 4.78 is 23.6. The molecule has 0 aliphatic heterocycles. The van der Waals surface area contributed by atoms with Crippen LogP contribution in [0.2, 0.25) is 0 Å². The highest BCUT2D eigenvalue weighted by Crippen LogP contribution is 2.46. The van der Waals surface area contributed by atoms with Gasteiger partial charge in [0.15, 0.2) is 6.61 Å².